The van der Waals surface area contributed by atoms with Crippen molar-refractivity contribution in [2.24, 2.45) is 0 Å². The number of aliphatic hydroxyl groups is 8. The molecular formula is C68H117NO13. The first-order valence-electron chi connectivity index (χ1n) is 32.5. The van der Waals surface area contributed by atoms with E-state index < -0.39 is 86.8 Å². The average molecular weight is 1160 g/mol. The summed E-state index contributed by atoms with van der Waals surface area (Å²) >= 11 is 0. The van der Waals surface area contributed by atoms with Gasteiger partial charge < -0.3 is 65.1 Å². The van der Waals surface area contributed by atoms with Crippen LogP contribution in [0.5, 0.6) is 0 Å². The van der Waals surface area contributed by atoms with Gasteiger partial charge in [-0.3, -0.25) is 4.79 Å². The van der Waals surface area contributed by atoms with Gasteiger partial charge in [0.25, 0.3) is 0 Å². The Kier molecular flexibility index (Phi) is 47.8. The molecule has 14 nitrogen and oxygen atoms in total. The van der Waals surface area contributed by atoms with Crippen LogP contribution in [0.2, 0.25) is 0 Å². The molecule has 0 spiro atoms. The van der Waals surface area contributed by atoms with E-state index in [1.165, 1.54) is 135 Å². The highest BCUT2D eigenvalue weighted by atomic mass is 16.7. The van der Waals surface area contributed by atoms with Crippen LogP contribution in [0, 0.1) is 0 Å². The Balaban J connectivity index is 1.74. The molecule has 12 atom stereocenters. The molecule has 1 amide bonds. The Labute approximate surface area is 496 Å². The second-order valence-corrected chi connectivity index (χ2v) is 22.5. The van der Waals surface area contributed by atoms with Gasteiger partial charge in [-0.1, -0.05) is 239 Å². The van der Waals surface area contributed by atoms with Gasteiger partial charge in [-0.15, -0.1) is 0 Å². The van der Waals surface area contributed by atoms with E-state index in [-0.39, 0.29) is 18.9 Å². The number of allylic oxidation sites excluding steroid dienone is 15. The Morgan fingerprint density at radius 3 is 1.34 bits per heavy atom. The minimum atomic E-state index is -1.80. The molecule has 2 aliphatic rings. The molecule has 9 N–H and O–H groups in total. The molecule has 2 saturated heterocycles. The van der Waals surface area contributed by atoms with Gasteiger partial charge in [0.15, 0.2) is 12.6 Å². The molecule has 2 heterocycles. The maximum Gasteiger partial charge on any atom is 0.220 e. The summed E-state index contributed by atoms with van der Waals surface area (Å²) < 4.78 is 22.7. The van der Waals surface area contributed by atoms with Crippen LogP contribution in [0.15, 0.2) is 97.2 Å². The lowest BCUT2D eigenvalue weighted by molar-refractivity contribution is -0.359. The molecule has 0 radical (unpaired) electrons. The van der Waals surface area contributed by atoms with Crippen LogP contribution in [0.4, 0.5) is 0 Å². The van der Waals surface area contributed by atoms with E-state index in [9.17, 15) is 45.6 Å². The highest BCUT2D eigenvalue weighted by Crippen LogP contribution is 2.30. The minimum absolute atomic E-state index is 0.186. The Morgan fingerprint density at radius 1 is 0.451 bits per heavy atom. The maximum atomic E-state index is 13.2. The van der Waals surface area contributed by atoms with Crippen LogP contribution in [0.1, 0.15) is 232 Å². The van der Waals surface area contributed by atoms with Gasteiger partial charge in [0.2, 0.25) is 5.91 Å². The number of amides is 1. The Bertz CT molecular complexity index is 1740. The number of nitrogens with one attached hydrogen (secondary N) is 1. The fourth-order valence-corrected chi connectivity index (χ4v) is 10.1. The number of unbranched alkanes of at least 4 members (excludes halogenated alkanes) is 24. The van der Waals surface area contributed by atoms with Gasteiger partial charge in [-0.05, 0) is 83.5 Å². The quantitative estimate of drug-likeness (QED) is 0.0204. The van der Waals surface area contributed by atoms with Gasteiger partial charge in [0, 0.05) is 6.42 Å². The van der Waals surface area contributed by atoms with E-state index in [2.05, 4.69) is 98.2 Å². The summed E-state index contributed by atoms with van der Waals surface area (Å²) in [6.45, 7) is 2.62. The lowest BCUT2D eigenvalue weighted by atomic mass is 9.97. The van der Waals surface area contributed by atoms with Crippen molar-refractivity contribution in [3.05, 3.63) is 97.2 Å². The molecule has 0 bridgehead atoms. The number of carbonyl (C=O) groups excluding carboxylic acids is 1. The standard InChI is InChI=1S/C68H117NO13/c1-3-5-7-9-11-13-15-17-19-21-22-23-24-25-26-27-28-29-30-31-32-33-34-36-37-39-41-43-45-47-49-51-57(72)56(69-60(73)52-50-48-46-44-42-40-38-35-20-18-16-14-12-10-8-6-4-2)55-79-67-65(78)63(76)66(59(54-71)81-67)82-68-64(77)62(75)61(74)58(53-70)80-68/h6,8,12,14,18,20,34,36,38,40-41,43-44,46,49,51,56-59,61-68,70-72,74-78H,3-5,7,9-11,13,15-17,19,21-33,35,37,39,42,45,47-48,50,52-55H2,1-2H3,(H,69,73)/b8-6-,14-12-,20-18-,36-34+,40-38-,43-41+,46-44-,51-49+. The molecule has 0 saturated carbocycles. The molecular weight excluding hydrogens is 1040 g/mol. The smallest absolute Gasteiger partial charge is 0.220 e. The van der Waals surface area contributed by atoms with Gasteiger partial charge >= 0.3 is 0 Å². The highest BCUT2D eigenvalue weighted by Gasteiger charge is 2.51. The summed E-state index contributed by atoms with van der Waals surface area (Å²) in [7, 11) is 0. The van der Waals surface area contributed by atoms with E-state index in [0.717, 1.165) is 57.8 Å². The van der Waals surface area contributed by atoms with Gasteiger partial charge in [0.1, 0.15) is 48.8 Å². The Hall–Kier alpha value is -3.09. The van der Waals surface area contributed by atoms with Crippen molar-refractivity contribution in [3.8, 4) is 0 Å². The van der Waals surface area contributed by atoms with Crippen LogP contribution >= 0.6 is 0 Å². The van der Waals surface area contributed by atoms with Crippen LogP contribution in [0.3, 0.4) is 0 Å². The second kappa shape index (κ2) is 52.3. The normalized spacial score (nSPS) is 24.6. The second-order valence-electron chi connectivity index (χ2n) is 22.5. The molecule has 472 valence electrons. The molecule has 0 aromatic heterocycles. The van der Waals surface area contributed by atoms with E-state index >= 15 is 0 Å². The summed E-state index contributed by atoms with van der Waals surface area (Å²) in [5.41, 5.74) is 0. The van der Waals surface area contributed by atoms with Crippen molar-refractivity contribution in [3.63, 3.8) is 0 Å². The maximum absolute atomic E-state index is 13.2. The van der Waals surface area contributed by atoms with Crippen molar-refractivity contribution in [2.75, 3.05) is 19.8 Å². The molecule has 2 aliphatic heterocycles. The molecule has 0 aromatic carbocycles. The molecule has 82 heavy (non-hydrogen) atoms. The van der Waals surface area contributed by atoms with E-state index in [0.29, 0.717) is 19.3 Å². The van der Waals surface area contributed by atoms with Gasteiger partial charge in [0.05, 0.1) is 32.0 Å². The van der Waals surface area contributed by atoms with Crippen molar-refractivity contribution < 1.29 is 64.6 Å². The van der Waals surface area contributed by atoms with Crippen molar-refractivity contribution in [1.29, 1.82) is 0 Å². The predicted octanol–water partition coefficient (Wildman–Crippen LogP) is 12.2. The zero-order chi connectivity index (χ0) is 59.5. The average Bonchev–Trinajstić information content (AvgIpc) is 3.49. The zero-order valence-electron chi connectivity index (χ0n) is 50.9. The molecule has 2 fully saturated rings. The van der Waals surface area contributed by atoms with Crippen LogP contribution < -0.4 is 5.32 Å². The zero-order valence-corrected chi connectivity index (χ0v) is 50.9. The number of hydrogen-bond donors (Lipinski definition) is 9. The number of aliphatic hydroxyl groups excluding tert-OH is 8. The monoisotopic (exact) mass is 1160 g/mol. The highest BCUT2D eigenvalue weighted by molar-refractivity contribution is 5.76. The van der Waals surface area contributed by atoms with Crippen molar-refractivity contribution in [1.82, 2.24) is 5.32 Å². The number of rotatable bonds is 51. The third-order valence-corrected chi connectivity index (χ3v) is 15.2. The summed E-state index contributed by atoms with van der Waals surface area (Å²) in [4.78, 5) is 13.2. The lowest BCUT2D eigenvalue weighted by Crippen LogP contribution is -2.65. The molecule has 0 aliphatic carbocycles. The summed E-state index contributed by atoms with van der Waals surface area (Å²) in [6, 6.07) is -0.975. The first-order valence-corrected chi connectivity index (χ1v) is 32.5. The van der Waals surface area contributed by atoms with Gasteiger partial charge in [-0.25, -0.2) is 0 Å². The Morgan fingerprint density at radius 2 is 0.854 bits per heavy atom. The number of hydrogen-bond acceptors (Lipinski definition) is 13. The van der Waals surface area contributed by atoms with Crippen molar-refractivity contribution >= 4 is 5.91 Å². The van der Waals surface area contributed by atoms with Crippen molar-refractivity contribution in [2.45, 2.75) is 306 Å². The van der Waals surface area contributed by atoms with Gasteiger partial charge in [-0.2, -0.15) is 0 Å². The first-order chi connectivity index (χ1) is 40.1. The number of carbonyl (C=O) groups is 1. The van der Waals surface area contributed by atoms with E-state index in [1.807, 2.05) is 12.2 Å². The number of ether oxygens (including phenoxy) is 4. The third kappa shape index (κ3) is 36.7. The predicted molar refractivity (Wildman–Crippen MR) is 332 cm³/mol. The van der Waals surface area contributed by atoms with E-state index in [1.54, 1.807) is 6.08 Å². The summed E-state index contributed by atoms with van der Waals surface area (Å²) in [5.74, 6) is -0.312. The largest absolute Gasteiger partial charge is 0.394 e. The molecule has 0 aromatic rings. The topological polar surface area (TPSA) is 228 Å². The minimum Gasteiger partial charge on any atom is -0.394 e. The summed E-state index contributed by atoms with van der Waals surface area (Å²) in [6.07, 6.45) is 56.3. The van der Waals surface area contributed by atoms with Crippen LogP contribution in [-0.2, 0) is 23.7 Å². The molecule has 2 rings (SSSR count). The fourth-order valence-electron chi connectivity index (χ4n) is 10.1. The molecule has 14 heteroatoms. The third-order valence-electron chi connectivity index (χ3n) is 15.2. The fraction of sp³-hybridized carbons (Fsp3) is 0.750. The summed E-state index contributed by atoms with van der Waals surface area (Å²) in [5, 5.41) is 87.1. The van der Waals surface area contributed by atoms with Crippen LogP contribution in [-0.4, -0.2) is 140 Å². The molecule has 12 unspecified atom stereocenters. The SMILES string of the molecule is CC/C=C\C/C=C\C/C=C\C/C=C\C/C=C\CCCC(=O)NC(COC1OC(CO)C(OC2OC(CO)C(O)C(O)C2O)C(O)C1O)C(O)/C=C/CC/C=C/CC/C=C/CCCCCCCCCCCCCCCCCCCCCCC. The van der Waals surface area contributed by atoms with Crippen LogP contribution in [0.25, 0.3) is 0 Å². The lowest BCUT2D eigenvalue weighted by Gasteiger charge is -2.46. The van der Waals surface area contributed by atoms with E-state index in [4.69, 9.17) is 18.9 Å². The first kappa shape index (κ1) is 75.0.